The van der Waals surface area contributed by atoms with Crippen LogP contribution in [0, 0.1) is 0 Å². The van der Waals surface area contributed by atoms with Crippen LogP contribution in [0.2, 0.25) is 0 Å². The molecule has 0 aliphatic heterocycles. The van der Waals surface area contributed by atoms with Crippen LogP contribution < -0.4 is 10.6 Å². The van der Waals surface area contributed by atoms with E-state index in [1.54, 1.807) is 0 Å². The molecule has 0 saturated heterocycles. The van der Waals surface area contributed by atoms with E-state index in [1.807, 2.05) is 42.5 Å². The van der Waals surface area contributed by atoms with Gasteiger partial charge >= 0.3 is 0 Å². The Bertz CT molecular complexity index is 1010. The molecule has 0 heterocycles. The topological polar surface area (TPSA) is 41.1 Å². The second-order valence-electron chi connectivity index (χ2n) is 9.10. The van der Waals surface area contributed by atoms with E-state index in [9.17, 15) is 4.79 Å². The molecule has 0 spiro atoms. The lowest BCUT2D eigenvalue weighted by Gasteiger charge is -2.34. The lowest BCUT2D eigenvalue weighted by molar-refractivity contribution is 0.0953. The Balaban J connectivity index is 1.26. The number of carbonyl (C=O) groups is 1. The maximum absolute atomic E-state index is 12.6. The highest BCUT2D eigenvalue weighted by Gasteiger charge is 2.28. The molecule has 0 bridgehead atoms. The van der Waals surface area contributed by atoms with Crippen molar-refractivity contribution >= 4 is 5.91 Å². The number of carbonyl (C=O) groups excluding carboxylic acids is 1. The number of fused-ring (bicyclic) bond motifs is 1. The summed E-state index contributed by atoms with van der Waals surface area (Å²) >= 11 is 0. The van der Waals surface area contributed by atoms with Gasteiger partial charge in [-0.05, 0) is 79.0 Å². The molecule has 4 rings (SSSR count). The number of benzene rings is 3. The van der Waals surface area contributed by atoms with Gasteiger partial charge in [0, 0.05) is 18.2 Å². The van der Waals surface area contributed by atoms with E-state index in [1.165, 1.54) is 42.4 Å². The zero-order valence-corrected chi connectivity index (χ0v) is 19.7. The van der Waals surface area contributed by atoms with Gasteiger partial charge in [0.1, 0.15) is 0 Å². The third-order valence-electron chi connectivity index (χ3n) is 6.80. The third-order valence-corrected chi connectivity index (χ3v) is 6.80. The van der Waals surface area contributed by atoms with Crippen molar-refractivity contribution in [2.75, 3.05) is 13.1 Å². The van der Waals surface area contributed by atoms with E-state index in [2.05, 4.69) is 54.0 Å². The second-order valence-corrected chi connectivity index (χ2v) is 9.10. The van der Waals surface area contributed by atoms with Crippen molar-refractivity contribution in [1.29, 1.82) is 0 Å². The summed E-state index contributed by atoms with van der Waals surface area (Å²) in [5.74, 6) is 0.586. The highest BCUT2D eigenvalue weighted by molar-refractivity contribution is 5.94. The van der Waals surface area contributed by atoms with Crippen LogP contribution in [-0.2, 0) is 6.42 Å². The van der Waals surface area contributed by atoms with Crippen molar-refractivity contribution in [2.45, 2.75) is 57.4 Å². The minimum absolute atomic E-state index is 0.0140. The molecule has 3 nitrogen and oxygen atoms in total. The molecular weight excluding hydrogens is 404 g/mol. The average Bonchev–Trinajstić information content (AvgIpc) is 2.88. The van der Waals surface area contributed by atoms with Crippen molar-refractivity contribution in [1.82, 2.24) is 10.6 Å². The van der Waals surface area contributed by atoms with Gasteiger partial charge in [-0.15, -0.1) is 0 Å². The Labute approximate surface area is 198 Å². The summed E-state index contributed by atoms with van der Waals surface area (Å²) in [4.78, 5) is 12.6. The number of rotatable bonds is 10. The van der Waals surface area contributed by atoms with Gasteiger partial charge in [0.05, 0.1) is 0 Å². The summed E-state index contributed by atoms with van der Waals surface area (Å²) < 4.78 is 0. The zero-order valence-electron chi connectivity index (χ0n) is 19.7. The lowest BCUT2D eigenvalue weighted by Crippen LogP contribution is -2.39. The molecule has 3 aromatic carbocycles. The molecule has 0 aromatic heterocycles. The first-order chi connectivity index (χ1) is 16.3. The van der Waals surface area contributed by atoms with E-state index in [-0.39, 0.29) is 5.91 Å². The molecule has 172 valence electrons. The number of hydrogen-bond acceptors (Lipinski definition) is 2. The highest BCUT2D eigenvalue weighted by Crippen LogP contribution is 2.35. The first-order valence-corrected chi connectivity index (χ1v) is 12.5. The van der Waals surface area contributed by atoms with Crippen molar-refractivity contribution in [3.8, 4) is 11.1 Å². The van der Waals surface area contributed by atoms with Crippen molar-refractivity contribution in [3.05, 3.63) is 95.6 Å². The van der Waals surface area contributed by atoms with E-state index >= 15 is 0 Å². The van der Waals surface area contributed by atoms with Gasteiger partial charge in [-0.3, -0.25) is 4.79 Å². The Kier molecular flexibility index (Phi) is 8.32. The van der Waals surface area contributed by atoms with Crippen LogP contribution in [0.4, 0.5) is 0 Å². The first-order valence-electron chi connectivity index (χ1n) is 12.5. The van der Waals surface area contributed by atoms with Crippen LogP contribution in [0.5, 0.6) is 0 Å². The van der Waals surface area contributed by atoms with E-state index in [0.29, 0.717) is 12.0 Å². The fraction of sp³-hybridized carbons (Fsp3) is 0.367. The van der Waals surface area contributed by atoms with Gasteiger partial charge in [0.15, 0.2) is 0 Å². The summed E-state index contributed by atoms with van der Waals surface area (Å²) in [7, 11) is 0. The Morgan fingerprint density at radius 2 is 1.58 bits per heavy atom. The highest BCUT2D eigenvalue weighted by atomic mass is 16.1. The monoisotopic (exact) mass is 440 g/mol. The van der Waals surface area contributed by atoms with Crippen molar-refractivity contribution in [3.63, 3.8) is 0 Å². The smallest absolute Gasteiger partial charge is 0.251 e. The minimum atomic E-state index is 0.0140. The summed E-state index contributed by atoms with van der Waals surface area (Å²) in [5.41, 5.74) is 6.07. The predicted molar refractivity (Wildman–Crippen MR) is 138 cm³/mol. The molecule has 0 fully saturated rings. The first kappa shape index (κ1) is 23.3. The molecule has 0 radical (unpaired) electrons. The van der Waals surface area contributed by atoms with Crippen LogP contribution in [0.15, 0.2) is 78.9 Å². The van der Waals surface area contributed by atoms with Crippen LogP contribution >= 0.6 is 0 Å². The maximum Gasteiger partial charge on any atom is 0.251 e. The van der Waals surface area contributed by atoms with Gasteiger partial charge in [-0.2, -0.15) is 0 Å². The summed E-state index contributed by atoms with van der Waals surface area (Å²) in [6.07, 6.45) is 6.86. The third kappa shape index (κ3) is 6.11. The molecule has 0 saturated carbocycles. The van der Waals surface area contributed by atoms with E-state index in [4.69, 9.17) is 0 Å². The summed E-state index contributed by atoms with van der Waals surface area (Å²) in [5, 5.41) is 6.90. The second kappa shape index (κ2) is 11.8. The average molecular weight is 441 g/mol. The number of amides is 1. The van der Waals surface area contributed by atoms with E-state index < -0.39 is 0 Å². The normalized spacial score (nSPS) is 17.4. The molecule has 33 heavy (non-hydrogen) atoms. The van der Waals surface area contributed by atoms with Crippen molar-refractivity contribution in [2.24, 2.45) is 0 Å². The number of nitrogens with one attached hydrogen (secondary N) is 2. The molecule has 2 unspecified atom stereocenters. The molecule has 1 amide bonds. The largest absolute Gasteiger partial charge is 0.352 e. The van der Waals surface area contributed by atoms with Crippen LogP contribution in [0.1, 0.15) is 66.4 Å². The standard InChI is InChI=1S/C30H36N2O/c1-2-21-31-29-20-19-25-12-6-7-13-27(25)28(29)14-8-9-22-32-30(33)26-17-15-24(16-18-26)23-10-4-3-5-11-23/h3-7,10-13,15-18,28-29,31H,2,8-9,14,19-22H2,1H3,(H,32,33). The van der Waals surface area contributed by atoms with Gasteiger partial charge in [0.25, 0.3) is 5.91 Å². The SMILES string of the molecule is CCCNC1CCc2ccccc2C1CCCCNC(=O)c1ccc(-c2ccccc2)cc1. The Morgan fingerprint density at radius 1 is 0.848 bits per heavy atom. The molecule has 1 aliphatic carbocycles. The maximum atomic E-state index is 12.6. The minimum Gasteiger partial charge on any atom is -0.352 e. The van der Waals surface area contributed by atoms with E-state index in [0.717, 1.165) is 37.1 Å². The predicted octanol–water partition coefficient (Wildman–Crippen LogP) is 6.35. The molecular formula is C30H36N2O. The Morgan fingerprint density at radius 3 is 2.36 bits per heavy atom. The van der Waals surface area contributed by atoms with Gasteiger partial charge < -0.3 is 10.6 Å². The van der Waals surface area contributed by atoms with Gasteiger partial charge in [-0.1, -0.05) is 80.1 Å². The quantitative estimate of drug-likeness (QED) is 0.361. The molecule has 2 atom stereocenters. The van der Waals surface area contributed by atoms with Crippen LogP contribution in [0.3, 0.4) is 0 Å². The molecule has 3 aromatic rings. The fourth-order valence-corrected chi connectivity index (χ4v) is 5.02. The van der Waals surface area contributed by atoms with Gasteiger partial charge in [0.2, 0.25) is 0 Å². The molecule has 3 heteroatoms. The fourth-order valence-electron chi connectivity index (χ4n) is 5.02. The lowest BCUT2D eigenvalue weighted by atomic mass is 9.76. The Hall–Kier alpha value is -2.91. The summed E-state index contributed by atoms with van der Waals surface area (Å²) in [6.45, 7) is 4.04. The van der Waals surface area contributed by atoms with Crippen LogP contribution in [-0.4, -0.2) is 25.0 Å². The number of unbranched alkanes of at least 4 members (excludes halogenated alkanes) is 1. The number of hydrogen-bond donors (Lipinski definition) is 2. The van der Waals surface area contributed by atoms with Crippen LogP contribution in [0.25, 0.3) is 11.1 Å². The van der Waals surface area contributed by atoms with Gasteiger partial charge in [-0.25, -0.2) is 0 Å². The zero-order chi connectivity index (χ0) is 22.9. The molecule has 2 N–H and O–H groups in total. The van der Waals surface area contributed by atoms with Crippen molar-refractivity contribution < 1.29 is 4.79 Å². The number of aryl methyl sites for hydroxylation is 1. The molecule has 1 aliphatic rings. The summed E-state index contributed by atoms with van der Waals surface area (Å²) in [6, 6.07) is 27.6.